The number of hydrogen-bond acceptors (Lipinski definition) is 9. The Labute approximate surface area is 264 Å². The predicted molar refractivity (Wildman–Crippen MR) is 166 cm³/mol. The number of nitrogens with two attached hydrogens (primary N) is 1. The van der Waals surface area contributed by atoms with Gasteiger partial charge in [-0.05, 0) is 48.4 Å². The summed E-state index contributed by atoms with van der Waals surface area (Å²) < 4.78 is 45.9. The Kier molecular flexibility index (Phi) is 11.3. The molecule has 2 aliphatic rings. The standard InChI is InChI=1S/C31H44N4O9S/c1-31(2,13-14-34(3)30(38)39)20-35(45(40,41)23-11-7-10-22(32)17-23)18-26(36)25(16-21-8-5-4-6-9-21)33-29(37)44-27-19-43-28-24(27)12-15-42-28/h4-11,17,24-28,36H,12-16,18-20,32H2,1-3H3,(H,33,37)(H,38,39)/t24-,25-,26+,27-,28+/m0/s1. The summed E-state index contributed by atoms with van der Waals surface area (Å²) in [6.45, 7) is 4.16. The van der Waals surface area contributed by atoms with E-state index in [-0.39, 0.29) is 49.2 Å². The number of carboxylic acid groups (broad SMARTS) is 1. The fourth-order valence-electron chi connectivity index (χ4n) is 5.55. The molecule has 2 amide bonds. The Morgan fingerprint density at radius 3 is 2.58 bits per heavy atom. The van der Waals surface area contributed by atoms with Crippen LogP contribution in [-0.2, 0) is 30.7 Å². The highest BCUT2D eigenvalue weighted by atomic mass is 32.2. The second-order valence-electron chi connectivity index (χ2n) is 12.5. The minimum Gasteiger partial charge on any atom is -0.465 e. The van der Waals surface area contributed by atoms with Gasteiger partial charge in [-0.1, -0.05) is 50.2 Å². The van der Waals surface area contributed by atoms with Crippen molar-refractivity contribution in [2.24, 2.45) is 11.3 Å². The SMILES string of the molecule is CN(CCC(C)(C)CN(C[C@@H](O)[C@H](Cc1ccccc1)NC(=O)O[C@H]1CO[C@H]2OCC[C@H]21)S(=O)(=O)c1cccc(N)c1)C(=O)O. The van der Waals surface area contributed by atoms with E-state index in [2.05, 4.69) is 5.32 Å². The zero-order valence-corrected chi connectivity index (χ0v) is 26.7. The Balaban J connectivity index is 1.56. The predicted octanol–water partition coefficient (Wildman–Crippen LogP) is 2.75. The number of hydrogen-bond donors (Lipinski definition) is 4. The van der Waals surface area contributed by atoms with Crippen LogP contribution in [0.4, 0.5) is 15.3 Å². The summed E-state index contributed by atoms with van der Waals surface area (Å²) >= 11 is 0. The third-order valence-corrected chi connectivity index (χ3v) is 10.1. The molecule has 13 nitrogen and oxygen atoms in total. The van der Waals surface area contributed by atoms with Gasteiger partial charge in [0.05, 0.1) is 36.2 Å². The highest BCUT2D eigenvalue weighted by molar-refractivity contribution is 7.89. The molecule has 14 heteroatoms. The van der Waals surface area contributed by atoms with Crippen LogP contribution in [0.25, 0.3) is 0 Å². The Hall–Kier alpha value is -3.43. The van der Waals surface area contributed by atoms with E-state index in [9.17, 15) is 28.2 Å². The summed E-state index contributed by atoms with van der Waals surface area (Å²) in [5.41, 5.74) is 6.29. The maximum atomic E-state index is 14.0. The van der Waals surface area contributed by atoms with Crippen LogP contribution in [0.3, 0.4) is 0 Å². The van der Waals surface area contributed by atoms with Crippen LogP contribution < -0.4 is 11.1 Å². The zero-order chi connectivity index (χ0) is 32.8. The number of sulfonamides is 1. The van der Waals surface area contributed by atoms with Gasteiger partial charge in [-0.3, -0.25) is 0 Å². The van der Waals surface area contributed by atoms with Gasteiger partial charge in [0.1, 0.15) is 6.10 Å². The number of nitrogen functional groups attached to an aromatic ring is 1. The lowest BCUT2D eigenvalue weighted by Gasteiger charge is -2.35. The lowest BCUT2D eigenvalue weighted by molar-refractivity contribution is -0.0907. The first-order valence-corrected chi connectivity index (χ1v) is 16.4. The van der Waals surface area contributed by atoms with E-state index in [1.54, 1.807) is 6.07 Å². The van der Waals surface area contributed by atoms with Gasteiger partial charge in [-0.2, -0.15) is 4.31 Å². The first-order chi connectivity index (χ1) is 21.2. The van der Waals surface area contributed by atoms with Crippen molar-refractivity contribution in [3.8, 4) is 0 Å². The van der Waals surface area contributed by atoms with E-state index < -0.39 is 52.2 Å². The van der Waals surface area contributed by atoms with Gasteiger partial charge >= 0.3 is 12.2 Å². The lowest BCUT2D eigenvalue weighted by Crippen LogP contribution is -2.52. The normalized spacial score (nSPS) is 21.2. The minimum absolute atomic E-state index is 0.0420. The largest absolute Gasteiger partial charge is 0.465 e. The van der Waals surface area contributed by atoms with Crippen LogP contribution in [0.5, 0.6) is 0 Å². The molecule has 2 aromatic carbocycles. The summed E-state index contributed by atoms with van der Waals surface area (Å²) in [6, 6.07) is 14.2. The Morgan fingerprint density at radius 1 is 1.16 bits per heavy atom. The third kappa shape index (κ3) is 9.30. The van der Waals surface area contributed by atoms with Crippen molar-refractivity contribution in [2.45, 2.75) is 62.5 Å². The van der Waals surface area contributed by atoms with Crippen LogP contribution in [-0.4, -0.2) is 104 Å². The molecule has 0 bridgehead atoms. The van der Waals surface area contributed by atoms with Gasteiger partial charge in [-0.25, -0.2) is 18.0 Å². The van der Waals surface area contributed by atoms with E-state index in [4.69, 9.17) is 19.9 Å². The number of ether oxygens (including phenoxy) is 3. The molecule has 0 aromatic heterocycles. The number of fused-ring (bicyclic) bond motifs is 1. The fourth-order valence-corrected chi connectivity index (χ4v) is 7.25. The molecule has 2 aromatic rings. The average molecular weight is 649 g/mol. The zero-order valence-electron chi connectivity index (χ0n) is 25.9. The summed E-state index contributed by atoms with van der Waals surface area (Å²) in [7, 11) is -2.74. The first kappa shape index (κ1) is 34.4. The van der Waals surface area contributed by atoms with Crippen molar-refractivity contribution in [2.75, 3.05) is 45.6 Å². The quantitative estimate of drug-likeness (QED) is 0.223. The van der Waals surface area contributed by atoms with Gasteiger partial charge in [0.15, 0.2) is 6.29 Å². The fraction of sp³-hybridized carbons (Fsp3) is 0.548. The molecule has 2 heterocycles. The second kappa shape index (κ2) is 14.8. The molecular formula is C31H44N4O9S. The van der Waals surface area contributed by atoms with Crippen LogP contribution in [0.2, 0.25) is 0 Å². The van der Waals surface area contributed by atoms with E-state index in [0.29, 0.717) is 19.4 Å². The van der Waals surface area contributed by atoms with Crippen molar-refractivity contribution in [3.63, 3.8) is 0 Å². The van der Waals surface area contributed by atoms with Crippen molar-refractivity contribution in [1.29, 1.82) is 0 Å². The number of alkyl carbamates (subject to hydrolysis) is 1. The summed E-state index contributed by atoms with van der Waals surface area (Å²) in [5.74, 6) is -0.0745. The number of carbonyl (C=O) groups excluding carboxylic acids is 1. The second-order valence-corrected chi connectivity index (χ2v) is 14.4. The van der Waals surface area contributed by atoms with E-state index in [1.807, 2.05) is 44.2 Å². The number of carbonyl (C=O) groups is 2. The Bertz CT molecular complexity index is 1410. The monoisotopic (exact) mass is 648 g/mol. The summed E-state index contributed by atoms with van der Waals surface area (Å²) in [6.07, 6.45) is -2.85. The smallest absolute Gasteiger partial charge is 0.407 e. The molecule has 5 atom stereocenters. The highest BCUT2D eigenvalue weighted by Gasteiger charge is 2.44. The number of rotatable bonds is 14. The van der Waals surface area contributed by atoms with Crippen LogP contribution in [0.15, 0.2) is 59.5 Å². The molecule has 5 N–H and O–H groups in total. The summed E-state index contributed by atoms with van der Waals surface area (Å²) in [4.78, 5) is 25.6. The molecule has 0 unspecified atom stereocenters. The first-order valence-electron chi connectivity index (χ1n) is 15.0. The maximum absolute atomic E-state index is 14.0. The summed E-state index contributed by atoms with van der Waals surface area (Å²) in [5, 5.41) is 23.7. The van der Waals surface area contributed by atoms with Crippen LogP contribution >= 0.6 is 0 Å². The molecule has 2 saturated heterocycles. The van der Waals surface area contributed by atoms with Crippen molar-refractivity contribution < 1.29 is 42.4 Å². The van der Waals surface area contributed by atoms with Gasteiger partial charge < -0.3 is 40.4 Å². The number of anilines is 1. The number of amides is 2. The molecule has 248 valence electrons. The molecule has 4 rings (SSSR count). The van der Waals surface area contributed by atoms with E-state index in [1.165, 1.54) is 29.6 Å². The van der Waals surface area contributed by atoms with Gasteiger partial charge in [0.2, 0.25) is 10.0 Å². The van der Waals surface area contributed by atoms with E-state index >= 15 is 0 Å². The number of benzene rings is 2. The number of nitrogens with one attached hydrogen (secondary N) is 1. The average Bonchev–Trinajstić information content (AvgIpc) is 3.61. The molecule has 0 saturated carbocycles. The van der Waals surface area contributed by atoms with Crippen molar-refractivity contribution in [1.82, 2.24) is 14.5 Å². The third-order valence-electron chi connectivity index (χ3n) is 8.25. The van der Waals surface area contributed by atoms with Crippen LogP contribution in [0, 0.1) is 11.3 Å². The van der Waals surface area contributed by atoms with Gasteiger partial charge in [0, 0.05) is 32.4 Å². The maximum Gasteiger partial charge on any atom is 0.407 e. The minimum atomic E-state index is -4.18. The number of aliphatic hydroxyl groups excluding tert-OH is 1. The molecule has 0 aliphatic carbocycles. The van der Waals surface area contributed by atoms with E-state index in [0.717, 1.165) is 10.5 Å². The highest BCUT2D eigenvalue weighted by Crippen LogP contribution is 2.33. The number of nitrogens with zero attached hydrogens (tertiary/aromatic N) is 2. The Morgan fingerprint density at radius 2 is 1.89 bits per heavy atom. The number of aliphatic hydroxyl groups is 1. The van der Waals surface area contributed by atoms with Crippen molar-refractivity contribution >= 4 is 27.9 Å². The molecule has 2 aliphatic heterocycles. The molecule has 0 radical (unpaired) electrons. The molecule has 0 spiro atoms. The topological polar surface area (TPSA) is 181 Å². The van der Waals surface area contributed by atoms with Gasteiger partial charge in [0.25, 0.3) is 0 Å². The van der Waals surface area contributed by atoms with Crippen LogP contribution in [0.1, 0.15) is 32.3 Å². The van der Waals surface area contributed by atoms with Crippen molar-refractivity contribution in [3.05, 3.63) is 60.2 Å². The van der Waals surface area contributed by atoms with Gasteiger partial charge in [-0.15, -0.1) is 0 Å². The molecule has 45 heavy (non-hydrogen) atoms. The lowest BCUT2D eigenvalue weighted by atomic mass is 9.89. The molecular weight excluding hydrogens is 604 g/mol. The molecule has 2 fully saturated rings.